The number of rotatable bonds is 8. The SMILES string of the molecule is CCC(F)(F)c1cccc(N[C@H]2CO[C@H](CN3CCc4ccccc4C3)[C@H](OC(C)(C)C)[C@@H]2C2CCC2)n1.[HH]. The van der Waals surface area contributed by atoms with Gasteiger partial charge in [-0.25, -0.2) is 4.98 Å². The molecule has 0 amide bonds. The quantitative estimate of drug-likeness (QED) is 0.414. The molecule has 0 spiro atoms. The molecule has 1 N–H and O–H groups in total. The van der Waals surface area contributed by atoms with Gasteiger partial charge in [0.15, 0.2) is 0 Å². The summed E-state index contributed by atoms with van der Waals surface area (Å²) < 4.78 is 42.2. The zero-order valence-corrected chi connectivity index (χ0v) is 23.3. The lowest BCUT2D eigenvalue weighted by atomic mass is 9.68. The van der Waals surface area contributed by atoms with Gasteiger partial charge in [0, 0.05) is 33.4 Å². The number of ether oxygens (including phenoxy) is 2. The van der Waals surface area contributed by atoms with Gasteiger partial charge in [0.1, 0.15) is 11.5 Å². The van der Waals surface area contributed by atoms with Crippen LogP contribution in [-0.4, -0.2) is 53.4 Å². The van der Waals surface area contributed by atoms with E-state index in [9.17, 15) is 8.78 Å². The van der Waals surface area contributed by atoms with Gasteiger partial charge in [-0.05, 0) is 69.2 Å². The highest BCUT2D eigenvalue weighted by Crippen LogP contribution is 2.43. The smallest absolute Gasteiger partial charge is 0.289 e. The van der Waals surface area contributed by atoms with E-state index in [4.69, 9.17) is 9.47 Å². The molecule has 3 aliphatic rings. The van der Waals surface area contributed by atoms with E-state index in [-0.39, 0.29) is 43.3 Å². The van der Waals surface area contributed by atoms with Crippen molar-refractivity contribution < 1.29 is 19.7 Å². The van der Waals surface area contributed by atoms with Gasteiger partial charge in [-0.15, -0.1) is 0 Å². The Balaban J connectivity index is 0.00000353. The molecule has 5 rings (SSSR count). The number of nitrogens with zero attached hydrogens (tertiary/aromatic N) is 2. The molecule has 4 atom stereocenters. The van der Waals surface area contributed by atoms with Gasteiger partial charge in [-0.2, -0.15) is 8.78 Å². The highest BCUT2D eigenvalue weighted by Gasteiger charge is 2.48. The number of pyridine rings is 1. The molecule has 1 saturated carbocycles. The zero-order chi connectivity index (χ0) is 26.9. The number of fused-ring (bicyclic) bond motifs is 1. The molecule has 0 unspecified atom stereocenters. The number of hydrogen-bond acceptors (Lipinski definition) is 5. The molecule has 2 fully saturated rings. The third kappa shape index (κ3) is 6.21. The second kappa shape index (κ2) is 11.2. The number of anilines is 1. The van der Waals surface area contributed by atoms with Crippen LogP contribution in [0.3, 0.4) is 0 Å². The molecule has 38 heavy (non-hydrogen) atoms. The molecule has 0 bridgehead atoms. The Labute approximate surface area is 227 Å². The number of aromatic nitrogens is 1. The molecule has 1 saturated heterocycles. The van der Waals surface area contributed by atoms with Crippen molar-refractivity contribution in [3.05, 3.63) is 59.3 Å². The molecule has 7 heteroatoms. The number of alkyl halides is 2. The van der Waals surface area contributed by atoms with Gasteiger partial charge in [0.05, 0.1) is 30.5 Å². The van der Waals surface area contributed by atoms with E-state index < -0.39 is 5.92 Å². The van der Waals surface area contributed by atoms with Crippen molar-refractivity contribution in [1.82, 2.24) is 9.88 Å². The molecule has 0 radical (unpaired) electrons. The molecule has 1 aromatic carbocycles. The van der Waals surface area contributed by atoms with E-state index in [1.165, 1.54) is 30.5 Å². The minimum Gasteiger partial charge on any atom is -0.372 e. The van der Waals surface area contributed by atoms with Gasteiger partial charge < -0.3 is 14.8 Å². The Morgan fingerprint density at radius 2 is 1.87 bits per heavy atom. The van der Waals surface area contributed by atoms with Gasteiger partial charge in [0.2, 0.25) is 0 Å². The van der Waals surface area contributed by atoms with E-state index in [1.54, 1.807) is 12.1 Å². The molecule has 1 aromatic heterocycles. The number of hydrogen-bond donors (Lipinski definition) is 1. The summed E-state index contributed by atoms with van der Waals surface area (Å²) in [6, 6.07) is 13.5. The summed E-state index contributed by atoms with van der Waals surface area (Å²) in [6.45, 7) is 11.1. The summed E-state index contributed by atoms with van der Waals surface area (Å²) in [5.41, 5.74) is 2.32. The fourth-order valence-corrected chi connectivity index (χ4v) is 6.24. The minimum absolute atomic E-state index is 0. The standard InChI is InChI=1S/C31H43F2N3O2.H2/c1-5-31(32,33)26-14-9-15-27(35-26)34-24-20-37-25(19-36-17-16-21-10-6-7-11-23(21)18-36)29(38-30(2,3)4)28(24)22-12-8-13-22;/h6-7,9-11,14-15,22,24-25,28-29H,5,8,12-13,16-20H2,1-4H3,(H,34,35);1H/t24-,25+,28+,29-;/m0./s1. The molecule has 210 valence electrons. The number of benzene rings is 1. The van der Waals surface area contributed by atoms with Crippen molar-refractivity contribution >= 4 is 5.82 Å². The highest BCUT2D eigenvalue weighted by molar-refractivity contribution is 5.38. The maximum Gasteiger partial charge on any atom is 0.289 e. The van der Waals surface area contributed by atoms with Crippen molar-refractivity contribution in [1.29, 1.82) is 0 Å². The van der Waals surface area contributed by atoms with Crippen molar-refractivity contribution in [2.75, 3.05) is 25.0 Å². The second-order valence-corrected chi connectivity index (χ2v) is 12.3. The van der Waals surface area contributed by atoms with Crippen LogP contribution in [0.15, 0.2) is 42.5 Å². The lowest BCUT2D eigenvalue weighted by molar-refractivity contribution is -0.199. The predicted octanol–water partition coefficient (Wildman–Crippen LogP) is 6.67. The first-order chi connectivity index (χ1) is 18.1. The third-order valence-corrected chi connectivity index (χ3v) is 8.43. The number of nitrogens with one attached hydrogen (secondary N) is 1. The monoisotopic (exact) mass is 529 g/mol. The van der Waals surface area contributed by atoms with Gasteiger partial charge in [-0.1, -0.05) is 43.7 Å². The first-order valence-electron chi connectivity index (χ1n) is 14.3. The normalized spacial score (nSPS) is 27.0. The topological polar surface area (TPSA) is 46.6 Å². The fourth-order valence-electron chi connectivity index (χ4n) is 6.24. The van der Waals surface area contributed by atoms with Crippen LogP contribution in [0.5, 0.6) is 0 Å². The van der Waals surface area contributed by atoms with Gasteiger partial charge in [-0.3, -0.25) is 4.90 Å². The van der Waals surface area contributed by atoms with Crippen molar-refractivity contribution in [3.8, 4) is 0 Å². The molecule has 3 heterocycles. The lowest BCUT2D eigenvalue weighted by Gasteiger charge is -2.51. The Hall–Kier alpha value is -2.09. The van der Waals surface area contributed by atoms with Crippen LogP contribution in [0.4, 0.5) is 14.6 Å². The van der Waals surface area contributed by atoms with E-state index in [0.29, 0.717) is 18.3 Å². The average Bonchev–Trinajstić information content (AvgIpc) is 2.85. The summed E-state index contributed by atoms with van der Waals surface area (Å²) in [5.74, 6) is -1.72. The van der Waals surface area contributed by atoms with Crippen LogP contribution in [0.2, 0.25) is 0 Å². The lowest BCUT2D eigenvalue weighted by Crippen LogP contribution is -2.60. The van der Waals surface area contributed by atoms with Crippen LogP contribution in [-0.2, 0) is 28.4 Å². The largest absolute Gasteiger partial charge is 0.372 e. The summed E-state index contributed by atoms with van der Waals surface area (Å²) in [7, 11) is 0. The van der Waals surface area contributed by atoms with E-state index >= 15 is 0 Å². The van der Waals surface area contributed by atoms with Crippen molar-refractivity contribution in [2.45, 2.75) is 96.1 Å². The molecule has 5 nitrogen and oxygen atoms in total. The summed E-state index contributed by atoms with van der Waals surface area (Å²) in [6.07, 6.45) is 4.19. The first kappa shape index (κ1) is 27.5. The second-order valence-electron chi connectivity index (χ2n) is 12.3. The first-order valence-corrected chi connectivity index (χ1v) is 14.3. The Morgan fingerprint density at radius 3 is 2.55 bits per heavy atom. The average molecular weight is 530 g/mol. The third-order valence-electron chi connectivity index (χ3n) is 8.43. The van der Waals surface area contributed by atoms with Gasteiger partial charge >= 0.3 is 0 Å². The molecule has 1 aliphatic carbocycles. The maximum absolute atomic E-state index is 14.4. The summed E-state index contributed by atoms with van der Waals surface area (Å²) in [4.78, 5) is 6.81. The Kier molecular flexibility index (Phi) is 8.09. The molecule has 2 aromatic rings. The zero-order valence-electron chi connectivity index (χ0n) is 23.3. The fraction of sp³-hybridized carbons (Fsp3) is 0.645. The molecular formula is C31H45F2N3O2. The summed E-state index contributed by atoms with van der Waals surface area (Å²) >= 11 is 0. The van der Waals surface area contributed by atoms with Crippen molar-refractivity contribution in [2.24, 2.45) is 11.8 Å². The number of halogens is 2. The van der Waals surface area contributed by atoms with Crippen LogP contribution < -0.4 is 5.32 Å². The minimum atomic E-state index is -2.94. The summed E-state index contributed by atoms with van der Waals surface area (Å²) in [5, 5.41) is 3.51. The van der Waals surface area contributed by atoms with E-state index in [1.807, 2.05) is 0 Å². The predicted molar refractivity (Wildman–Crippen MR) is 149 cm³/mol. The Bertz CT molecular complexity index is 1090. The van der Waals surface area contributed by atoms with E-state index in [2.05, 4.69) is 60.2 Å². The van der Waals surface area contributed by atoms with Crippen LogP contribution >= 0.6 is 0 Å². The van der Waals surface area contributed by atoms with Crippen molar-refractivity contribution in [3.63, 3.8) is 0 Å². The maximum atomic E-state index is 14.4. The molecule has 2 aliphatic heterocycles. The molecular weight excluding hydrogens is 484 g/mol. The van der Waals surface area contributed by atoms with Crippen LogP contribution in [0.25, 0.3) is 0 Å². The Morgan fingerprint density at radius 1 is 1.11 bits per heavy atom. The highest BCUT2D eigenvalue weighted by atomic mass is 19.3. The van der Waals surface area contributed by atoms with Crippen LogP contribution in [0.1, 0.15) is 71.6 Å². The van der Waals surface area contributed by atoms with Gasteiger partial charge in [0.25, 0.3) is 5.92 Å². The van der Waals surface area contributed by atoms with E-state index in [0.717, 1.165) is 38.9 Å². The van der Waals surface area contributed by atoms with Crippen LogP contribution in [0, 0.1) is 11.8 Å².